The molecule has 7 nitrogen and oxygen atoms in total. The van der Waals surface area contributed by atoms with Gasteiger partial charge >= 0.3 is 0 Å². The lowest BCUT2D eigenvalue weighted by atomic mass is 10.0. The minimum Gasteiger partial charge on any atom is -0.345 e. The number of nitrogens with zero attached hydrogens (tertiary/aromatic N) is 1. The van der Waals surface area contributed by atoms with Gasteiger partial charge in [0.1, 0.15) is 5.69 Å². The summed E-state index contributed by atoms with van der Waals surface area (Å²) < 4.78 is 0. The zero-order valence-electron chi connectivity index (χ0n) is 15.5. The van der Waals surface area contributed by atoms with E-state index in [0.717, 1.165) is 5.56 Å². The molecule has 3 N–H and O–H groups in total. The van der Waals surface area contributed by atoms with E-state index < -0.39 is 17.9 Å². The predicted octanol–water partition coefficient (Wildman–Crippen LogP) is 2.40. The van der Waals surface area contributed by atoms with E-state index in [-0.39, 0.29) is 18.0 Å². The molecule has 3 aromatic rings. The number of pyridine rings is 1. The Kier molecular flexibility index (Phi) is 6.67. The van der Waals surface area contributed by atoms with Crippen molar-refractivity contribution in [3.8, 4) is 0 Å². The third-order valence-electron chi connectivity index (χ3n) is 4.15. The van der Waals surface area contributed by atoms with Crippen LogP contribution >= 0.6 is 0 Å². The first-order valence-electron chi connectivity index (χ1n) is 9.04. The quantitative estimate of drug-likeness (QED) is 0.565. The average Bonchev–Trinajstić information content (AvgIpc) is 2.78. The van der Waals surface area contributed by atoms with Gasteiger partial charge in [-0.25, -0.2) is 0 Å². The summed E-state index contributed by atoms with van der Waals surface area (Å²) >= 11 is 0. The lowest BCUT2D eigenvalue weighted by Gasteiger charge is -2.19. The number of carbonyl (C=O) groups excluding carboxylic acids is 3. The zero-order chi connectivity index (χ0) is 20.5. The van der Waals surface area contributed by atoms with Crippen molar-refractivity contribution in [1.29, 1.82) is 0 Å². The van der Waals surface area contributed by atoms with Crippen LogP contribution in [0.1, 0.15) is 38.9 Å². The highest BCUT2D eigenvalue weighted by atomic mass is 16.2. The van der Waals surface area contributed by atoms with Crippen LogP contribution in [0.2, 0.25) is 0 Å². The molecule has 0 fully saturated rings. The van der Waals surface area contributed by atoms with E-state index >= 15 is 0 Å². The molecule has 0 saturated carbocycles. The van der Waals surface area contributed by atoms with Crippen LogP contribution < -0.4 is 16.2 Å². The molecule has 0 aliphatic carbocycles. The Labute approximate surface area is 168 Å². The van der Waals surface area contributed by atoms with E-state index in [0.29, 0.717) is 5.56 Å². The fourth-order valence-electron chi connectivity index (χ4n) is 2.69. The molecule has 0 aliphatic heterocycles. The lowest BCUT2D eigenvalue weighted by Crippen LogP contribution is -2.43. The molecule has 29 heavy (non-hydrogen) atoms. The van der Waals surface area contributed by atoms with E-state index in [1.54, 1.807) is 36.4 Å². The Balaban J connectivity index is 1.64. The van der Waals surface area contributed by atoms with Gasteiger partial charge in [-0.2, -0.15) is 0 Å². The van der Waals surface area contributed by atoms with E-state index in [9.17, 15) is 14.4 Å². The predicted molar refractivity (Wildman–Crippen MR) is 108 cm³/mol. The van der Waals surface area contributed by atoms with Gasteiger partial charge in [0.05, 0.1) is 12.5 Å². The second kappa shape index (κ2) is 9.80. The molecule has 1 aromatic heterocycles. The Bertz CT molecular complexity index is 963. The van der Waals surface area contributed by atoms with Crippen molar-refractivity contribution in [3.63, 3.8) is 0 Å². The first-order chi connectivity index (χ1) is 14.1. The normalized spacial score (nSPS) is 11.2. The molecule has 0 radical (unpaired) electrons. The third kappa shape index (κ3) is 5.74. The number of amides is 3. The molecule has 3 amide bonds. The zero-order valence-corrected chi connectivity index (χ0v) is 15.5. The van der Waals surface area contributed by atoms with Gasteiger partial charge in [-0.1, -0.05) is 54.6 Å². The maximum absolute atomic E-state index is 12.5. The highest BCUT2D eigenvalue weighted by Gasteiger charge is 2.19. The van der Waals surface area contributed by atoms with Crippen LogP contribution in [0.25, 0.3) is 0 Å². The molecular weight excluding hydrogens is 368 g/mol. The van der Waals surface area contributed by atoms with Crippen LogP contribution in [0.15, 0.2) is 85.1 Å². The Morgan fingerprint density at radius 2 is 1.41 bits per heavy atom. The molecular formula is C22H20N4O3. The van der Waals surface area contributed by atoms with Gasteiger partial charge in [0.15, 0.2) is 0 Å². The molecule has 0 saturated heterocycles. The smallest absolute Gasteiger partial charge is 0.288 e. The fraction of sp³-hybridized carbons (Fsp3) is 0.0909. The highest BCUT2D eigenvalue weighted by molar-refractivity contribution is 5.95. The summed E-state index contributed by atoms with van der Waals surface area (Å²) in [5.41, 5.74) is 6.15. The molecule has 7 heteroatoms. The van der Waals surface area contributed by atoms with Crippen molar-refractivity contribution in [3.05, 3.63) is 102 Å². The number of benzene rings is 2. The van der Waals surface area contributed by atoms with E-state index in [1.165, 1.54) is 12.3 Å². The average molecular weight is 388 g/mol. The first kappa shape index (κ1) is 19.8. The standard InChI is InChI=1S/C22H20N4O3/c27-20(25-26-22(29)18-13-7-8-14-23-18)15-19(16-9-3-1-4-10-16)24-21(28)17-11-5-2-6-12-17/h1-14,19H,15H2,(H,24,28)(H,25,27)(H,26,29)/t19-/m0/s1. The van der Waals surface area contributed by atoms with Crippen molar-refractivity contribution in [1.82, 2.24) is 21.2 Å². The number of nitrogens with one attached hydrogen (secondary N) is 3. The SMILES string of the molecule is O=C(C[C@H](NC(=O)c1ccccc1)c1ccccc1)NNC(=O)c1ccccn1. The first-order valence-corrected chi connectivity index (χ1v) is 9.04. The number of rotatable bonds is 6. The highest BCUT2D eigenvalue weighted by Crippen LogP contribution is 2.17. The Hall–Kier alpha value is -4.00. The number of hydrogen-bond acceptors (Lipinski definition) is 4. The third-order valence-corrected chi connectivity index (χ3v) is 4.15. The van der Waals surface area contributed by atoms with Crippen molar-refractivity contribution in [2.75, 3.05) is 0 Å². The number of hydrazine groups is 1. The summed E-state index contributed by atoms with van der Waals surface area (Å²) in [6, 6.07) is 22.3. The van der Waals surface area contributed by atoms with E-state index in [4.69, 9.17) is 0 Å². The van der Waals surface area contributed by atoms with Crippen LogP contribution in [0, 0.1) is 0 Å². The Morgan fingerprint density at radius 3 is 2.07 bits per heavy atom. The molecule has 1 heterocycles. The monoisotopic (exact) mass is 388 g/mol. The van der Waals surface area contributed by atoms with Crippen LogP contribution in [0.5, 0.6) is 0 Å². The van der Waals surface area contributed by atoms with Gasteiger partial charge in [0, 0.05) is 11.8 Å². The van der Waals surface area contributed by atoms with Gasteiger partial charge in [-0.05, 0) is 29.8 Å². The van der Waals surface area contributed by atoms with Crippen molar-refractivity contribution >= 4 is 17.7 Å². The van der Waals surface area contributed by atoms with E-state index in [2.05, 4.69) is 21.2 Å². The van der Waals surface area contributed by atoms with Gasteiger partial charge in [-0.15, -0.1) is 0 Å². The van der Waals surface area contributed by atoms with Crippen LogP contribution in [-0.2, 0) is 4.79 Å². The maximum atomic E-state index is 12.5. The van der Waals surface area contributed by atoms with Crippen LogP contribution in [0.4, 0.5) is 0 Å². The maximum Gasteiger partial charge on any atom is 0.288 e. The molecule has 1 atom stereocenters. The van der Waals surface area contributed by atoms with Crippen LogP contribution in [-0.4, -0.2) is 22.7 Å². The molecule has 0 bridgehead atoms. The summed E-state index contributed by atoms with van der Waals surface area (Å²) in [4.78, 5) is 40.9. The minimum absolute atomic E-state index is 0.0505. The summed E-state index contributed by atoms with van der Waals surface area (Å²) in [5, 5.41) is 2.88. The topological polar surface area (TPSA) is 100 Å². The van der Waals surface area contributed by atoms with Gasteiger partial charge in [0.2, 0.25) is 5.91 Å². The largest absolute Gasteiger partial charge is 0.345 e. The number of carbonyl (C=O) groups is 3. The fourth-order valence-corrected chi connectivity index (χ4v) is 2.69. The summed E-state index contributed by atoms with van der Waals surface area (Å²) in [7, 11) is 0. The summed E-state index contributed by atoms with van der Waals surface area (Å²) in [5.74, 6) is -1.26. The van der Waals surface area contributed by atoms with Crippen molar-refractivity contribution in [2.45, 2.75) is 12.5 Å². The molecule has 0 spiro atoms. The van der Waals surface area contributed by atoms with Crippen LogP contribution in [0.3, 0.4) is 0 Å². The molecule has 3 rings (SSSR count). The second-order valence-electron chi connectivity index (χ2n) is 6.22. The minimum atomic E-state index is -0.560. The van der Waals surface area contributed by atoms with Gasteiger partial charge in [0.25, 0.3) is 11.8 Å². The van der Waals surface area contributed by atoms with Crippen molar-refractivity contribution in [2.24, 2.45) is 0 Å². The van der Waals surface area contributed by atoms with Crippen molar-refractivity contribution < 1.29 is 14.4 Å². The summed E-state index contributed by atoms with van der Waals surface area (Å²) in [6.45, 7) is 0. The second-order valence-corrected chi connectivity index (χ2v) is 6.22. The molecule has 0 aliphatic rings. The molecule has 0 unspecified atom stereocenters. The number of hydrogen-bond donors (Lipinski definition) is 3. The van der Waals surface area contributed by atoms with E-state index in [1.807, 2.05) is 36.4 Å². The molecule has 2 aromatic carbocycles. The van der Waals surface area contributed by atoms with Gasteiger partial charge < -0.3 is 5.32 Å². The lowest BCUT2D eigenvalue weighted by molar-refractivity contribution is -0.122. The number of aromatic nitrogens is 1. The van der Waals surface area contributed by atoms with Gasteiger partial charge in [-0.3, -0.25) is 30.2 Å². The Morgan fingerprint density at radius 1 is 0.759 bits per heavy atom. The summed E-state index contributed by atoms with van der Waals surface area (Å²) in [6.07, 6.45) is 1.44. The molecule has 146 valence electrons.